The molecule has 1 N–H and O–H groups in total. The van der Waals surface area contributed by atoms with E-state index in [2.05, 4.69) is 14.3 Å². The van der Waals surface area contributed by atoms with Gasteiger partial charge in [-0.05, 0) is 18.8 Å². The van der Waals surface area contributed by atoms with Crippen LogP contribution < -0.4 is 4.90 Å². The van der Waals surface area contributed by atoms with Crippen LogP contribution in [0.5, 0.6) is 0 Å². The number of rotatable bonds is 4. The maximum atomic E-state index is 10.4. The highest BCUT2D eigenvalue weighted by Gasteiger charge is 2.24. The van der Waals surface area contributed by atoms with Crippen LogP contribution in [0.1, 0.15) is 19.3 Å². The lowest BCUT2D eigenvalue weighted by molar-refractivity contribution is -0.137. The van der Waals surface area contributed by atoms with Gasteiger partial charge in [-0.2, -0.15) is 4.37 Å². The number of aromatic nitrogens is 2. The van der Waals surface area contributed by atoms with E-state index in [-0.39, 0.29) is 6.42 Å². The predicted octanol–water partition coefficient (Wildman–Crippen LogP) is 1.23. The van der Waals surface area contributed by atoms with Gasteiger partial charge in [-0.1, -0.05) is 0 Å². The second kappa shape index (κ2) is 4.57. The van der Waals surface area contributed by atoms with Gasteiger partial charge in [0.2, 0.25) is 5.13 Å². The van der Waals surface area contributed by atoms with Crippen molar-refractivity contribution in [2.75, 3.05) is 18.0 Å². The fourth-order valence-corrected chi connectivity index (χ4v) is 2.44. The maximum Gasteiger partial charge on any atom is 0.303 e. The number of carboxylic acids is 1. The Balaban J connectivity index is 1.82. The van der Waals surface area contributed by atoms with Gasteiger partial charge in [-0.3, -0.25) is 4.79 Å². The maximum absolute atomic E-state index is 10.4. The first kappa shape index (κ1) is 10.4. The molecule has 0 bridgehead atoms. The molecule has 1 fully saturated rings. The normalized spacial score (nSPS) is 20.8. The van der Waals surface area contributed by atoms with Crippen LogP contribution in [0.2, 0.25) is 0 Å². The molecule has 1 aliphatic heterocycles. The Morgan fingerprint density at radius 2 is 2.60 bits per heavy atom. The van der Waals surface area contributed by atoms with Gasteiger partial charge < -0.3 is 10.0 Å². The van der Waals surface area contributed by atoms with Crippen molar-refractivity contribution in [1.82, 2.24) is 9.36 Å². The first-order valence-corrected chi connectivity index (χ1v) is 5.76. The highest BCUT2D eigenvalue weighted by Crippen LogP contribution is 2.26. The number of hydrogen-bond donors (Lipinski definition) is 1. The van der Waals surface area contributed by atoms with Gasteiger partial charge in [0.15, 0.2) is 0 Å². The molecule has 0 saturated carbocycles. The summed E-state index contributed by atoms with van der Waals surface area (Å²) in [6.45, 7) is 1.89. The van der Waals surface area contributed by atoms with E-state index in [0.717, 1.165) is 31.1 Å². The Labute approximate surface area is 91.9 Å². The molecule has 5 nitrogen and oxygen atoms in total. The standard InChI is InChI=1S/C9H13N3O2S/c13-8(14)2-1-7-3-4-12(5-7)9-10-6-11-15-9/h6-7H,1-5H2,(H,13,14). The summed E-state index contributed by atoms with van der Waals surface area (Å²) in [5.41, 5.74) is 0. The molecule has 1 aromatic rings. The number of aliphatic carboxylic acids is 1. The van der Waals surface area contributed by atoms with Crippen LogP contribution in [-0.2, 0) is 4.79 Å². The zero-order chi connectivity index (χ0) is 10.7. The Morgan fingerprint density at radius 3 is 3.27 bits per heavy atom. The van der Waals surface area contributed by atoms with Gasteiger partial charge in [0, 0.05) is 31.0 Å². The second-order valence-corrected chi connectivity index (χ2v) is 4.52. The molecule has 1 unspecified atom stereocenters. The molecule has 1 aromatic heterocycles. The smallest absolute Gasteiger partial charge is 0.303 e. The van der Waals surface area contributed by atoms with Crippen LogP contribution in [0.25, 0.3) is 0 Å². The molecule has 0 aliphatic carbocycles. The van der Waals surface area contributed by atoms with Gasteiger partial charge in [0.25, 0.3) is 0 Å². The lowest BCUT2D eigenvalue weighted by Gasteiger charge is -2.13. The molecule has 1 atom stereocenters. The van der Waals surface area contributed by atoms with Crippen molar-refractivity contribution in [1.29, 1.82) is 0 Å². The topological polar surface area (TPSA) is 66.3 Å². The second-order valence-electron chi connectivity index (χ2n) is 3.76. The molecule has 0 radical (unpaired) electrons. The first-order chi connectivity index (χ1) is 7.25. The third-order valence-corrected chi connectivity index (χ3v) is 3.40. The molecule has 0 amide bonds. The van der Waals surface area contributed by atoms with Crippen molar-refractivity contribution in [3.05, 3.63) is 6.33 Å². The van der Waals surface area contributed by atoms with E-state index in [4.69, 9.17) is 5.11 Å². The van der Waals surface area contributed by atoms with Crippen molar-refractivity contribution in [3.63, 3.8) is 0 Å². The molecule has 1 saturated heterocycles. The Morgan fingerprint density at radius 1 is 1.73 bits per heavy atom. The van der Waals surface area contributed by atoms with Gasteiger partial charge in [-0.25, -0.2) is 4.98 Å². The lowest BCUT2D eigenvalue weighted by atomic mass is 10.0. The van der Waals surface area contributed by atoms with E-state index in [0.29, 0.717) is 5.92 Å². The molecular weight excluding hydrogens is 214 g/mol. The average Bonchev–Trinajstić information content (AvgIpc) is 2.85. The summed E-state index contributed by atoms with van der Waals surface area (Å²) in [4.78, 5) is 16.8. The molecule has 0 spiro atoms. The minimum atomic E-state index is -0.704. The van der Waals surface area contributed by atoms with E-state index in [9.17, 15) is 4.79 Å². The molecule has 1 aliphatic rings. The summed E-state index contributed by atoms with van der Waals surface area (Å²) < 4.78 is 3.96. The summed E-state index contributed by atoms with van der Waals surface area (Å²) in [7, 11) is 0. The fourth-order valence-electron chi connectivity index (χ4n) is 1.88. The van der Waals surface area contributed by atoms with E-state index >= 15 is 0 Å². The van der Waals surface area contributed by atoms with Crippen LogP contribution in [0.4, 0.5) is 5.13 Å². The van der Waals surface area contributed by atoms with Gasteiger partial charge in [0.05, 0.1) is 0 Å². The highest BCUT2D eigenvalue weighted by molar-refractivity contribution is 7.09. The minimum Gasteiger partial charge on any atom is -0.481 e. The van der Waals surface area contributed by atoms with Gasteiger partial charge in [-0.15, -0.1) is 0 Å². The summed E-state index contributed by atoms with van der Waals surface area (Å²) in [5.74, 6) is -0.214. The third kappa shape index (κ3) is 2.65. The minimum absolute atomic E-state index is 0.272. The zero-order valence-corrected chi connectivity index (χ0v) is 9.11. The Bertz CT molecular complexity index is 328. The van der Waals surface area contributed by atoms with E-state index in [1.807, 2.05) is 0 Å². The molecule has 6 heteroatoms. The van der Waals surface area contributed by atoms with Crippen LogP contribution >= 0.6 is 11.5 Å². The van der Waals surface area contributed by atoms with E-state index in [1.165, 1.54) is 11.5 Å². The lowest BCUT2D eigenvalue weighted by Crippen LogP contribution is -2.19. The monoisotopic (exact) mass is 227 g/mol. The summed E-state index contributed by atoms with van der Waals surface area (Å²) in [6, 6.07) is 0. The van der Waals surface area contributed by atoms with Crippen molar-refractivity contribution in [2.45, 2.75) is 19.3 Å². The van der Waals surface area contributed by atoms with Crippen LogP contribution in [0.15, 0.2) is 6.33 Å². The quantitative estimate of drug-likeness (QED) is 0.838. The first-order valence-electron chi connectivity index (χ1n) is 4.99. The number of hydrogen-bond acceptors (Lipinski definition) is 5. The summed E-state index contributed by atoms with van der Waals surface area (Å²) >= 11 is 1.40. The average molecular weight is 227 g/mol. The van der Waals surface area contributed by atoms with Crippen molar-refractivity contribution in [2.24, 2.45) is 5.92 Å². The van der Waals surface area contributed by atoms with Crippen LogP contribution in [0.3, 0.4) is 0 Å². The van der Waals surface area contributed by atoms with Crippen molar-refractivity contribution < 1.29 is 9.90 Å². The van der Waals surface area contributed by atoms with E-state index in [1.54, 1.807) is 6.33 Å². The largest absolute Gasteiger partial charge is 0.481 e. The fraction of sp³-hybridized carbons (Fsp3) is 0.667. The summed E-state index contributed by atoms with van der Waals surface area (Å²) in [5, 5.41) is 9.54. The Kier molecular flexibility index (Phi) is 3.15. The predicted molar refractivity (Wildman–Crippen MR) is 57.1 cm³/mol. The van der Waals surface area contributed by atoms with Crippen LogP contribution in [0, 0.1) is 5.92 Å². The highest BCUT2D eigenvalue weighted by atomic mass is 32.1. The molecule has 2 rings (SSSR count). The SMILES string of the molecule is O=C(O)CCC1CCN(c2ncns2)C1. The van der Waals surface area contributed by atoms with E-state index < -0.39 is 5.97 Å². The van der Waals surface area contributed by atoms with Crippen molar-refractivity contribution in [3.8, 4) is 0 Å². The number of nitrogens with zero attached hydrogens (tertiary/aromatic N) is 3. The number of carboxylic acid groups (broad SMARTS) is 1. The molecular formula is C9H13N3O2S. The molecule has 82 valence electrons. The molecule has 0 aromatic carbocycles. The summed E-state index contributed by atoms with van der Waals surface area (Å²) in [6.07, 6.45) is 3.66. The van der Waals surface area contributed by atoms with Gasteiger partial charge in [0.1, 0.15) is 6.33 Å². The molecule has 2 heterocycles. The van der Waals surface area contributed by atoms with Gasteiger partial charge >= 0.3 is 5.97 Å². The van der Waals surface area contributed by atoms with Crippen molar-refractivity contribution >= 4 is 22.6 Å². The van der Waals surface area contributed by atoms with Crippen LogP contribution in [-0.4, -0.2) is 33.5 Å². The third-order valence-electron chi connectivity index (χ3n) is 2.67. The zero-order valence-electron chi connectivity index (χ0n) is 8.30. The number of carbonyl (C=O) groups is 1. The molecule has 15 heavy (non-hydrogen) atoms. The number of anilines is 1. The Hall–Kier alpha value is -1.17.